The third-order valence-corrected chi connectivity index (χ3v) is 3.35. The molecule has 0 fully saturated rings. The van der Waals surface area contributed by atoms with Gasteiger partial charge in [-0.05, 0) is 52.3 Å². The molecular weight excluding hydrogens is 334 g/mol. The fraction of sp³-hybridized carbons (Fsp3) is 0.467. The predicted octanol–water partition coefficient (Wildman–Crippen LogP) is 2.37. The van der Waals surface area contributed by atoms with Gasteiger partial charge in [0.15, 0.2) is 0 Å². The van der Waals surface area contributed by atoms with Crippen LogP contribution in [0.1, 0.15) is 43.6 Å². The van der Waals surface area contributed by atoms with Crippen molar-refractivity contribution in [3.8, 4) is 0 Å². The maximum Gasteiger partial charge on any atom is 0.252 e. The second-order valence-electron chi connectivity index (χ2n) is 6.10. The van der Waals surface area contributed by atoms with Gasteiger partial charge in [0, 0.05) is 21.3 Å². The molecular formula is C15H22BrN3O2. The van der Waals surface area contributed by atoms with Crippen LogP contribution in [-0.4, -0.2) is 23.4 Å². The molecule has 2 amide bonds. The number of benzene rings is 1. The molecule has 0 aliphatic carbocycles. The first-order chi connectivity index (χ1) is 9.51. The summed E-state index contributed by atoms with van der Waals surface area (Å²) in [6.07, 6.45) is 0. The number of carbonyl (C=O) groups is 2. The number of nitrogen functional groups attached to an aromatic ring is 1. The van der Waals surface area contributed by atoms with E-state index in [0.717, 1.165) is 4.47 Å². The Morgan fingerprint density at radius 3 is 2.38 bits per heavy atom. The first-order valence-electron chi connectivity index (χ1n) is 6.70. The summed E-state index contributed by atoms with van der Waals surface area (Å²) in [5, 5.41) is 5.51. The van der Waals surface area contributed by atoms with Crippen molar-refractivity contribution in [2.75, 3.05) is 5.73 Å². The fourth-order valence-electron chi connectivity index (χ4n) is 1.75. The van der Waals surface area contributed by atoms with Crippen LogP contribution in [-0.2, 0) is 4.79 Å². The maximum absolute atomic E-state index is 12.3. The largest absolute Gasteiger partial charge is 0.398 e. The summed E-state index contributed by atoms with van der Waals surface area (Å²) in [6, 6.07) is 2.80. The summed E-state index contributed by atoms with van der Waals surface area (Å²) in [5.41, 5.74) is 7.18. The smallest absolute Gasteiger partial charge is 0.252 e. The van der Waals surface area contributed by atoms with Gasteiger partial charge in [-0.3, -0.25) is 9.59 Å². The number of halogens is 1. The molecule has 116 valence electrons. The minimum Gasteiger partial charge on any atom is -0.398 e. The number of hydrogen-bond donors (Lipinski definition) is 3. The van der Waals surface area contributed by atoms with Crippen LogP contribution < -0.4 is 16.4 Å². The number of nitrogens with two attached hydrogens (primary N) is 1. The van der Waals surface area contributed by atoms with Gasteiger partial charge in [-0.15, -0.1) is 0 Å². The van der Waals surface area contributed by atoms with E-state index in [1.807, 2.05) is 20.8 Å². The van der Waals surface area contributed by atoms with Gasteiger partial charge in [0.25, 0.3) is 5.91 Å². The molecule has 0 aromatic heterocycles. The lowest BCUT2D eigenvalue weighted by Gasteiger charge is -2.24. The first-order valence-corrected chi connectivity index (χ1v) is 7.49. The van der Waals surface area contributed by atoms with Crippen LogP contribution in [0.25, 0.3) is 0 Å². The van der Waals surface area contributed by atoms with E-state index in [-0.39, 0.29) is 17.4 Å². The topological polar surface area (TPSA) is 84.2 Å². The van der Waals surface area contributed by atoms with Crippen molar-refractivity contribution in [2.45, 2.75) is 46.2 Å². The molecule has 1 rings (SSSR count). The Labute approximate surface area is 133 Å². The van der Waals surface area contributed by atoms with Gasteiger partial charge in [0.05, 0.1) is 0 Å². The maximum atomic E-state index is 12.3. The van der Waals surface area contributed by atoms with E-state index in [0.29, 0.717) is 16.8 Å². The summed E-state index contributed by atoms with van der Waals surface area (Å²) in [6.45, 7) is 9.09. The Hall–Kier alpha value is -1.56. The SMILES string of the molecule is Cc1c(N)cc(Br)cc1C(=O)NC(C)C(=O)NC(C)(C)C. The van der Waals surface area contributed by atoms with Crippen molar-refractivity contribution in [2.24, 2.45) is 0 Å². The zero-order valence-corrected chi connectivity index (χ0v) is 14.6. The highest BCUT2D eigenvalue weighted by molar-refractivity contribution is 9.10. The second-order valence-corrected chi connectivity index (χ2v) is 7.02. The number of rotatable bonds is 3. The molecule has 6 heteroatoms. The van der Waals surface area contributed by atoms with E-state index in [2.05, 4.69) is 26.6 Å². The standard InChI is InChI=1S/C15H22BrN3O2/c1-8-11(6-10(16)7-12(8)17)14(21)18-9(2)13(20)19-15(3,4)5/h6-7,9H,17H2,1-5H3,(H,18,21)(H,19,20). The first kappa shape index (κ1) is 17.5. The van der Waals surface area contributed by atoms with Crippen molar-refractivity contribution < 1.29 is 9.59 Å². The lowest BCUT2D eigenvalue weighted by molar-refractivity contribution is -0.124. The highest BCUT2D eigenvalue weighted by atomic mass is 79.9. The quantitative estimate of drug-likeness (QED) is 0.727. The Morgan fingerprint density at radius 2 is 1.86 bits per heavy atom. The molecule has 0 radical (unpaired) electrons. The van der Waals surface area contributed by atoms with Crippen molar-refractivity contribution in [3.05, 3.63) is 27.7 Å². The van der Waals surface area contributed by atoms with Crippen molar-refractivity contribution in [1.82, 2.24) is 10.6 Å². The molecule has 4 N–H and O–H groups in total. The zero-order chi connectivity index (χ0) is 16.4. The lowest BCUT2D eigenvalue weighted by Crippen LogP contribution is -2.50. The molecule has 0 saturated carbocycles. The minimum atomic E-state index is -0.628. The van der Waals surface area contributed by atoms with Gasteiger partial charge in [0.1, 0.15) is 6.04 Å². The Morgan fingerprint density at radius 1 is 1.29 bits per heavy atom. The zero-order valence-electron chi connectivity index (χ0n) is 13.0. The summed E-state index contributed by atoms with van der Waals surface area (Å²) in [7, 11) is 0. The summed E-state index contributed by atoms with van der Waals surface area (Å²) >= 11 is 3.31. The van der Waals surface area contributed by atoms with Crippen molar-refractivity contribution in [1.29, 1.82) is 0 Å². The molecule has 0 aliphatic rings. The predicted molar refractivity (Wildman–Crippen MR) is 88.1 cm³/mol. The van der Waals surface area contributed by atoms with Gasteiger partial charge in [-0.1, -0.05) is 15.9 Å². The van der Waals surface area contributed by atoms with Gasteiger partial charge >= 0.3 is 0 Å². The Kier molecular flexibility index (Phi) is 5.39. The number of nitrogens with one attached hydrogen (secondary N) is 2. The van der Waals surface area contributed by atoms with E-state index >= 15 is 0 Å². The van der Waals surface area contributed by atoms with Gasteiger partial charge in [0.2, 0.25) is 5.91 Å². The molecule has 0 aliphatic heterocycles. The minimum absolute atomic E-state index is 0.225. The van der Waals surface area contributed by atoms with E-state index in [1.165, 1.54) is 0 Å². The van der Waals surface area contributed by atoms with Crippen LogP contribution in [0.5, 0.6) is 0 Å². The van der Waals surface area contributed by atoms with Crippen molar-refractivity contribution in [3.63, 3.8) is 0 Å². The van der Waals surface area contributed by atoms with Crippen molar-refractivity contribution >= 4 is 33.4 Å². The number of amides is 2. The third-order valence-electron chi connectivity index (χ3n) is 2.90. The summed E-state index contributed by atoms with van der Waals surface area (Å²) < 4.78 is 0.725. The molecule has 5 nitrogen and oxygen atoms in total. The lowest BCUT2D eigenvalue weighted by atomic mass is 10.1. The Bertz CT molecular complexity index is 565. The van der Waals surface area contributed by atoms with Crippen LogP contribution in [0, 0.1) is 6.92 Å². The van der Waals surface area contributed by atoms with E-state index in [9.17, 15) is 9.59 Å². The van der Waals surface area contributed by atoms with Crippen LogP contribution in [0.15, 0.2) is 16.6 Å². The van der Waals surface area contributed by atoms with Crippen LogP contribution in [0.4, 0.5) is 5.69 Å². The number of hydrogen-bond acceptors (Lipinski definition) is 3. The normalized spacial score (nSPS) is 12.7. The van der Waals surface area contributed by atoms with Gasteiger partial charge in [-0.25, -0.2) is 0 Å². The highest BCUT2D eigenvalue weighted by Gasteiger charge is 2.22. The number of anilines is 1. The summed E-state index contributed by atoms with van der Waals surface area (Å²) in [5.74, 6) is -0.548. The molecule has 1 atom stereocenters. The monoisotopic (exact) mass is 355 g/mol. The Balaban J connectivity index is 2.85. The summed E-state index contributed by atoms with van der Waals surface area (Å²) in [4.78, 5) is 24.3. The van der Waals surface area contributed by atoms with Crippen LogP contribution in [0.2, 0.25) is 0 Å². The van der Waals surface area contributed by atoms with E-state index < -0.39 is 6.04 Å². The average molecular weight is 356 g/mol. The molecule has 0 saturated heterocycles. The van der Waals surface area contributed by atoms with E-state index in [1.54, 1.807) is 26.0 Å². The molecule has 0 bridgehead atoms. The third kappa shape index (κ3) is 5.04. The van der Waals surface area contributed by atoms with E-state index in [4.69, 9.17) is 5.73 Å². The highest BCUT2D eigenvalue weighted by Crippen LogP contribution is 2.22. The van der Waals surface area contributed by atoms with Crippen LogP contribution >= 0.6 is 15.9 Å². The molecule has 0 spiro atoms. The van der Waals surface area contributed by atoms with Gasteiger partial charge < -0.3 is 16.4 Å². The molecule has 1 aromatic carbocycles. The van der Waals surface area contributed by atoms with Gasteiger partial charge in [-0.2, -0.15) is 0 Å². The molecule has 21 heavy (non-hydrogen) atoms. The van der Waals surface area contributed by atoms with Crippen LogP contribution in [0.3, 0.4) is 0 Å². The molecule has 1 unspecified atom stereocenters. The molecule has 0 heterocycles. The molecule has 1 aromatic rings. The second kappa shape index (κ2) is 6.47. The fourth-order valence-corrected chi connectivity index (χ4v) is 2.23. The number of carbonyl (C=O) groups excluding carboxylic acids is 2. The average Bonchev–Trinajstić information content (AvgIpc) is 2.31.